The fourth-order valence-corrected chi connectivity index (χ4v) is 0.744. The van der Waals surface area contributed by atoms with Crippen molar-refractivity contribution < 1.29 is 9.90 Å². The lowest BCUT2D eigenvalue weighted by Crippen LogP contribution is -2.43. The Morgan fingerprint density at radius 2 is 2.18 bits per heavy atom. The first-order valence-corrected chi connectivity index (χ1v) is 3.48. The van der Waals surface area contributed by atoms with Crippen LogP contribution in [-0.4, -0.2) is 35.1 Å². The molecule has 0 bridgehead atoms. The second-order valence-electron chi connectivity index (χ2n) is 3.03. The smallest absolute Gasteiger partial charge is 0.253 e. The molecule has 1 amide bonds. The summed E-state index contributed by atoms with van der Waals surface area (Å²) in [6.07, 6.45) is 1.61. The summed E-state index contributed by atoms with van der Waals surface area (Å²) in [6.45, 7) is 6.89. The highest BCUT2D eigenvalue weighted by atomic mass is 16.3. The number of hydrogen-bond donors (Lipinski definition) is 1. The first-order valence-electron chi connectivity index (χ1n) is 3.48. The first kappa shape index (κ1) is 10.2. The van der Waals surface area contributed by atoms with Crippen LogP contribution in [0, 0.1) is 0 Å². The molecule has 0 rings (SSSR count). The molecule has 0 atom stereocenters. The standard InChI is InChI=1S/C8H15NO2/c1-5-6-9(4)7(10)8(2,3)11/h5,11H,1,6H2,2-4H3. The van der Waals surface area contributed by atoms with E-state index in [1.807, 2.05) is 0 Å². The fourth-order valence-electron chi connectivity index (χ4n) is 0.744. The van der Waals surface area contributed by atoms with Crippen LogP contribution in [0.5, 0.6) is 0 Å². The molecule has 3 nitrogen and oxygen atoms in total. The van der Waals surface area contributed by atoms with Crippen molar-refractivity contribution in [3.63, 3.8) is 0 Å². The number of nitrogens with zero attached hydrogens (tertiary/aromatic N) is 1. The van der Waals surface area contributed by atoms with Gasteiger partial charge in [-0.25, -0.2) is 0 Å². The van der Waals surface area contributed by atoms with Crippen molar-refractivity contribution in [3.8, 4) is 0 Å². The van der Waals surface area contributed by atoms with Gasteiger partial charge in [0, 0.05) is 13.6 Å². The summed E-state index contributed by atoms with van der Waals surface area (Å²) in [5.41, 5.74) is -1.28. The van der Waals surface area contributed by atoms with E-state index in [9.17, 15) is 9.90 Å². The average molecular weight is 157 g/mol. The van der Waals surface area contributed by atoms with Crippen LogP contribution in [0.4, 0.5) is 0 Å². The normalized spacial score (nSPS) is 10.9. The summed E-state index contributed by atoms with van der Waals surface area (Å²) in [4.78, 5) is 12.6. The van der Waals surface area contributed by atoms with Crippen LogP contribution in [0.25, 0.3) is 0 Å². The first-order chi connectivity index (χ1) is 4.89. The number of amides is 1. The molecule has 0 fully saturated rings. The molecule has 3 heteroatoms. The van der Waals surface area contributed by atoms with Crippen molar-refractivity contribution in [1.29, 1.82) is 0 Å². The molecule has 11 heavy (non-hydrogen) atoms. The lowest BCUT2D eigenvalue weighted by Gasteiger charge is -2.23. The minimum atomic E-state index is -1.28. The molecule has 0 aromatic rings. The summed E-state index contributed by atoms with van der Waals surface area (Å²) >= 11 is 0. The van der Waals surface area contributed by atoms with Gasteiger partial charge in [-0.3, -0.25) is 4.79 Å². The molecule has 0 heterocycles. The molecular formula is C8H15NO2. The molecule has 0 radical (unpaired) electrons. The van der Waals surface area contributed by atoms with Crippen LogP contribution in [0.3, 0.4) is 0 Å². The number of carbonyl (C=O) groups is 1. The molecule has 0 aliphatic heterocycles. The fraction of sp³-hybridized carbons (Fsp3) is 0.625. The molecule has 0 saturated heterocycles. The number of rotatable bonds is 3. The summed E-state index contributed by atoms with van der Waals surface area (Å²) in [5.74, 6) is -0.294. The van der Waals surface area contributed by atoms with Crippen molar-refractivity contribution in [3.05, 3.63) is 12.7 Å². The highest BCUT2D eigenvalue weighted by molar-refractivity contribution is 5.83. The monoisotopic (exact) mass is 157 g/mol. The van der Waals surface area contributed by atoms with Crippen molar-refractivity contribution >= 4 is 5.91 Å². The highest BCUT2D eigenvalue weighted by Gasteiger charge is 2.26. The molecule has 0 aliphatic rings. The quantitative estimate of drug-likeness (QED) is 0.602. The summed E-state index contributed by atoms with van der Waals surface area (Å²) < 4.78 is 0. The van der Waals surface area contributed by atoms with Crippen molar-refractivity contribution in [2.75, 3.05) is 13.6 Å². The Labute approximate surface area is 67.3 Å². The number of aliphatic hydroxyl groups is 1. The topological polar surface area (TPSA) is 40.5 Å². The van der Waals surface area contributed by atoms with E-state index in [1.165, 1.54) is 18.7 Å². The predicted molar refractivity (Wildman–Crippen MR) is 44.1 cm³/mol. The lowest BCUT2D eigenvalue weighted by molar-refractivity contribution is -0.145. The second-order valence-corrected chi connectivity index (χ2v) is 3.03. The molecule has 0 aromatic heterocycles. The number of carbonyl (C=O) groups excluding carboxylic acids is 1. The zero-order valence-corrected chi connectivity index (χ0v) is 7.29. The molecular weight excluding hydrogens is 142 g/mol. The Balaban J connectivity index is 4.13. The van der Waals surface area contributed by atoms with E-state index >= 15 is 0 Å². The molecule has 1 N–H and O–H groups in total. The average Bonchev–Trinajstić information content (AvgIpc) is 1.85. The maximum atomic E-state index is 11.2. The van der Waals surface area contributed by atoms with Gasteiger partial charge in [-0.2, -0.15) is 0 Å². The maximum absolute atomic E-state index is 11.2. The zero-order chi connectivity index (χ0) is 9.07. The SMILES string of the molecule is C=CCN(C)C(=O)C(C)(C)O. The Morgan fingerprint density at radius 3 is 2.45 bits per heavy atom. The van der Waals surface area contributed by atoms with Gasteiger partial charge in [-0.05, 0) is 13.8 Å². The predicted octanol–water partition coefficient (Wildman–Crippen LogP) is 0.402. The van der Waals surface area contributed by atoms with Crippen molar-refractivity contribution in [2.24, 2.45) is 0 Å². The third-order valence-electron chi connectivity index (χ3n) is 1.27. The lowest BCUT2D eigenvalue weighted by atomic mass is 10.1. The van der Waals surface area contributed by atoms with Crippen LogP contribution >= 0.6 is 0 Å². The second kappa shape index (κ2) is 3.53. The highest BCUT2D eigenvalue weighted by Crippen LogP contribution is 2.04. The Bertz CT molecular complexity index is 158. The van der Waals surface area contributed by atoms with Gasteiger partial charge in [-0.15, -0.1) is 6.58 Å². The molecule has 0 unspecified atom stereocenters. The third kappa shape index (κ3) is 3.18. The number of hydrogen-bond acceptors (Lipinski definition) is 2. The van der Waals surface area contributed by atoms with Crippen LogP contribution in [0.1, 0.15) is 13.8 Å². The van der Waals surface area contributed by atoms with Gasteiger partial charge in [0.1, 0.15) is 5.60 Å². The van der Waals surface area contributed by atoms with Crippen LogP contribution in [0.2, 0.25) is 0 Å². The Hall–Kier alpha value is -0.830. The van der Waals surface area contributed by atoms with Gasteiger partial charge >= 0.3 is 0 Å². The van der Waals surface area contributed by atoms with E-state index in [-0.39, 0.29) is 5.91 Å². The van der Waals surface area contributed by atoms with E-state index < -0.39 is 5.60 Å². The van der Waals surface area contributed by atoms with Crippen LogP contribution in [-0.2, 0) is 4.79 Å². The van der Waals surface area contributed by atoms with Gasteiger partial charge in [0.15, 0.2) is 0 Å². The van der Waals surface area contributed by atoms with Crippen LogP contribution < -0.4 is 0 Å². The van der Waals surface area contributed by atoms with Crippen molar-refractivity contribution in [1.82, 2.24) is 4.90 Å². The summed E-state index contributed by atoms with van der Waals surface area (Å²) in [5, 5.41) is 9.26. The molecule has 0 spiro atoms. The van der Waals surface area contributed by atoms with Gasteiger partial charge in [0.05, 0.1) is 0 Å². The molecule has 0 aliphatic carbocycles. The summed E-state index contributed by atoms with van der Waals surface area (Å²) in [6, 6.07) is 0. The van der Waals surface area contributed by atoms with Gasteiger partial charge in [0.25, 0.3) is 5.91 Å². The largest absolute Gasteiger partial charge is 0.381 e. The number of likely N-dealkylation sites (N-methyl/N-ethyl adjacent to an activating group) is 1. The Morgan fingerprint density at radius 1 is 1.73 bits per heavy atom. The van der Waals surface area contributed by atoms with E-state index in [0.717, 1.165) is 0 Å². The van der Waals surface area contributed by atoms with Crippen molar-refractivity contribution in [2.45, 2.75) is 19.4 Å². The molecule has 64 valence electrons. The van der Waals surface area contributed by atoms with E-state index in [4.69, 9.17) is 0 Å². The third-order valence-corrected chi connectivity index (χ3v) is 1.27. The zero-order valence-electron chi connectivity index (χ0n) is 7.29. The van der Waals surface area contributed by atoms with Gasteiger partial charge < -0.3 is 10.0 Å². The Kier molecular flexibility index (Phi) is 3.26. The minimum Gasteiger partial charge on any atom is -0.381 e. The maximum Gasteiger partial charge on any atom is 0.253 e. The van der Waals surface area contributed by atoms with E-state index in [1.54, 1.807) is 13.1 Å². The minimum absolute atomic E-state index is 0.294. The van der Waals surface area contributed by atoms with Crippen LogP contribution in [0.15, 0.2) is 12.7 Å². The van der Waals surface area contributed by atoms with Gasteiger partial charge in [-0.1, -0.05) is 6.08 Å². The van der Waals surface area contributed by atoms with E-state index in [2.05, 4.69) is 6.58 Å². The van der Waals surface area contributed by atoms with Gasteiger partial charge in [0.2, 0.25) is 0 Å². The molecule has 0 aromatic carbocycles. The molecule has 0 saturated carbocycles. The summed E-state index contributed by atoms with van der Waals surface area (Å²) in [7, 11) is 1.63. The van der Waals surface area contributed by atoms with E-state index in [0.29, 0.717) is 6.54 Å².